The number of hydrogen-bond donors (Lipinski definition) is 3. The highest BCUT2D eigenvalue weighted by Gasteiger charge is 2.48. The third-order valence-corrected chi connectivity index (χ3v) is 2.79. The van der Waals surface area contributed by atoms with Crippen LogP contribution in [0.25, 0.3) is 0 Å². The first-order chi connectivity index (χ1) is 8.49. The van der Waals surface area contributed by atoms with Crippen molar-refractivity contribution in [1.82, 2.24) is 0 Å². The summed E-state index contributed by atoms with van der Waals surface area (Å²) >= 11 is 0. The third-order valence-electron chi connectivity index (χ3n) is 2.79. The van der Waals surface area contributed by atoms with Crippen LogP contribution < -0.4 is 0 Å². The Morgan fingerprint density at radius 3 is 2.83 bits per heavy atom. The maximum Gasteiger partial charge on any atom is 0.329 e. The van der Waals surface area contributed by atoms with E-state index in [1.165, 1.54) is 0 Å². The van der Waals surface area contributed by atoms with Crippen molar-refractivity contribution in [1.29, 1.82) is 0 Å². The molecule has 0 spiro atoms. The van der Waals surface area contributed by atoms with E-state index in [-0.39, 0.29) is 6.61 Å². The van der Waals surface area contributed by atoms with Gasteiger partial charge in [-0.3, -0.25) is 0 Å². The molecule has 5 atom stereocenters. The zero-order valence-electron chi connectivity index (χ0n) is 9.72. The Hall–Kier alpha value is -1.22. The van der Waals surface area contributed by atoms with Crippen LogP contribution in [0.4, 0.5) is 0 Å². The van der Waals surface area contributed by atoms with Crippen molar-refractivity contribution >= 4 is 11.9 Å². The van der Waals surface area contributed by atoms with Gasteiger partial charge in [-0.05, 0) is 0 Å². The van der Waals surface area contributed by atoms with Crippen LogP contribution in [-0.4, -0.2) is 71.0 Å². The van der Waals surface area contributed by atoms with E-state index in [4.69, 9.17) is 19.3 Å². The van der Waals surface area contributed by atoms with Gasteiger partial charge in [0.25, 0.3) is 0 Å². The fourth-order valence-electron chi connectivity index (χ4n) is 1.96. The Balaban J connectivity index is 1.92. The Labute approximate surface area is 103 Å². The molecule has 8 heteroatoms. The molecule has 0 aromatic heterocycles. The molecule has 0 saturated carbocycles. The molecule has 3 N–H and O–H groups in total. The minimum atomic E-state index is -1.20. The van der Waals surface area contributed by atoms with Gasteiger partial charge in [0.15, 0.2) is 5.90 Å². The predicted molar refractivity (Wildman–Crippen MR) is 57.1 cm³/mol. The SMILES string of the molecule is CC1=N[C@H]2[C@@H](O1)O[C@H](COCC(=O)O)[C@@H](O)[C@@H]2O. The molecule has 0 aliphatic carbocycles. The van der Waals surface area contributed by atoms with Gasteiger partial charge in [0, 0.05) is 6.92 Å². The third kappa shape index (κ3) is 2.61. The smallest absolute Gasteiger partial charge is 0.329 e. The molecule has 0 aromatic carbocycles. The van der Waals surface area contributed by atoms with Crippen LogP contribution in [0.5, 0.6) is 0 Å². The fraction of sp³-hybridized carbons (Fsp3) is 0.800. The number of nitrogens with zero attached hydrogens (tertiary/aromatic N) is 1. The van der Waals surface area contributed by atoms with Gasteiger partial charge in [-0.1, -0.05) is 0 Å². The molecule has 1 saturated heterocycles. The maximum absolute atomic E-state index is 10.3. The number of fused-ring (bicyclic) bond motifs is 1. The van der Waals surface area contributed by atoms with Gasteiger partial charge in [-0.25, -0.2) is 9.79 Å². The molecule has 2 rings (SSSR count). The van der Waals surface area contributed by atoms with Gasteiger partial charge in [0.2, 0.25) is 6.29 Å². The van der Waals surface area contributed by atoms with Crippen LogP contribution in [0, 0.1) is 0 Å². The standard InChI is InChI=1S/C10H15NO7/c1-4-11-7-9(15)8(14)5(18-10(7)17-4)2-16-3-6(12)13/h5,7-10,14-15H,2-3H2,1H3,(H,12,13)/t5-,7-,8-,9-,10+/m1/s1. The topological polar surface area (TPSA) is 118 Å². The molecule has 0 radical (unpaired) electrons. The van der Waals surface area contributed by atoms with Crippen LogP contribution in [0.1, 0.15) is 6.92 Å². The second-order valence-corrected chi connectivity index (χ2v) is 4.19. The predicted octanol–water partition coefficient (Wildman–Crippen LogP) is -1.65. The van der Waals surface area contributed by atoms with Crippen LogP contribution >= 0.6 is 0 Å². The summed E-state index contributed by atoms with van der Waals surface area (Å²) in [6.45, 7) is 0.986. The molecule has 8 nitrogen and oxygen atoms in total. The van der Waals surface area contributed by atoms with Crippen molar-refractivity contribution in [3.63, 3.8) is 0 Å². The van der Waals surface area contributed by atoms with Crippen molar-refractivity contribution in [2.75, 3.05) is 13.2 Å². The van der Waals surface area contributed by atoms with Crippen molar-refractivity contribution in [3.8, 4) is 0 Å². The number of rotatable bonds is 4. The Bertz CT molecular complexity index is 358. The first-order valence-corrected chi connectivity index (χ1v) is 5.51. The quantitative estimate of drug-likeness (QED) is 0.555. The van der Waals surface area contributed by atoms with Crippen molar-refractivity contribution in [3.05, 3.63) is 0 Å². The number of carbonyl (C=O) groups is 1. The first kappa shape index (κ1) is 13.2. The van der Waals surface area contributed by atoms with E-state index < -0.39 is 43.2 Å². The van der Waals surface area contributed by atoms with Gasteiger partial charge in [0.1, 0.15) is 31.0 Å². The number of ether oxygens (including phenoxy) is 3. The number of hydrogen-bond acceptors (Lipinski definition) is 7. The summed E-state index contributed by atoms with van der Waals surface area (Å²) in [6, 6.07) is -0.657. The highest BCUT2D eigenvalue weighted by atomic mass is 16.7. The zero-order valence-corrected chi connectivity index (χ0v) is 9.72. The van der Waals surface area contributed by atoms with Gasteiger partial charge in [0.05, 0.1) is 6.61 Å². The summed E-state index contributed by atoms with van der Waals surface area (Å²) in [5.74, 6) is -0.738. The Morgan fingerprint density at radius 2 is 2.17 bits per heavy atom. The van der Waals surface area contributed by atoms with E-state index in [1.54, 1.807) is 6.92 Å². The van der Waals surface area contributed by atoms with Gasteiger partial charge in [-0.2, -0.15) is 0 Å². The number of aliphatic carboxylic acids is 1. The number of aliphatic hydroxyl groups is 2. The minimum absolute atomic E-state index is 0.143. The molecule has 1 fully saturated rings. The lowest BCUT2D eigenvalue weighted by Gasteiger charge is -2.37. The average Bonchev–Trinajstić information content (AvgIpc) is 2.66. The summed E-state index contributed by atoms with van der Waals surface area (Å²) in [5.41, 5.74) is 0. The number of aliphatic hydroxyl groups excluding tert-OH is 2. The van der Waals surface area contributed by atoms with Crippen molar-refractivity contribution < 1.29 is 34.3 Å². The van der Waals surface area contributed by atoms with Gasteiger partial charge in [-0.15, -0.1) is 0 Å². The minimum Gasteiger partial charge on any atom is -0.480 e. The number of aliphatic imine (C=N–C) groups is 1. The lowest BCUT2D eigenvalue weighted by molar-refractivity contribution is -0.237. The molecule has 0 aromatic rings. The summed E-state index contributed by atoms with van der Waals surface area (Å²) < 4.78 is 15.4. The van der Waals surface area contributed by atoms with Crippen molar-refractivity contribution in [2.24, 2.45) is 4.99 Å². The summed E-state index contributed by atoms with van der Waals surface area (Å²) in [6.07, 6.45) is -3.93. The Kier molecular flexibility index (Phi) is 3.81. The van der Waals surface area contributed by atoms with E-state index in [1.807, 2.05) is 0 Å². The molecule has 0 unspecified atom stereocenters. The van der Waals surface area contributed by atoms with E-state index in [0.29, 0.717) is 5.90 Å². The van der Waals surface area contributed by atoms with E-state index in [0.717, 1.165) is 0 Å². The average molecular weight is 261 g/mol. The normalized spacial score (nSPS) is 38.8. The Morgan fingerprint density at radius 1 is 1.44 bits per heavy atom. The molecule has 18 heavy (non-hydrogen) atoms. The van der Waals surface area contributed by atoms with Crippen molar-refractivity contribution in [2.45, 2.75) is 37.6 Å². The van der Waals surface area contributed by atoms with E-state index >= 15 is 0 Å². The molecule has 2 aliphatic rings. The lowest BCUT2D eigenvalue weighted by atomic mass is 9.98. The second kappa shape index (κ2) is 5.19. The molecular weight excluding hydrogens is 246 g/mol. The number of carboxylic acids is 1. The summed E-state index contributed by atoms with van der Waals surface area (Å²) in [7, 11) is 0. The highest BCUT2D eigenvalue weighted by Crippen LogP contribution is 2.28. The van der Waals surface area contributed by atoms with Gasteiger partial charge >= 0.3 is 5.97 Å². The first-order valence-electron chi connectivity index (χ1n) is 5.51. The highest BCUT2D eigenvalue weighted by molar-refractivity contribution is 5.75. The number of carboxylic acid groups (broad SMARTS) is 1. The fourth-order valence-corrected chi connectivity index (χ4v) is 1.96. The monoisotopic (exact) mass is 261 g/mol. The molecule has 0 amide bonds. The van der Waals surface area contributed by atoms with Gasteiger partial charge < -0.3 is 29.5 Å². The van der Waals surface area contributed by atoms with Crippen LogP contribution in [-0.2, 0) is 19.0 Å². The maximum atomic E-state index is 10.3. The van der Waals surface area contributed by atoms with Crippen LogP contribution in [0.15, 0.2) is 4.99 Å². The molecular formula is C10H15NO7. The summed E-state index contributed by atoms with van der Waals surface area (Å²) in [4.78, 5) is 14.3. The second-order valence-electron chi connectivity index (χ2n) is 4.19. The molecule has 0 bridgehead atoms. The zero-order chi connectivity index (χ0) is 13.3. The summed E-state index contributed by atoms with van der Waals surface area (Å²) in [5, 5.41) is 28.1. The molecule has 2 aliphatic heterocycles. The van der Waals surface area contributed by atoms with E-state index in [2.05, 4.69) is 4.99 Å². The van der Waals surface area contributed by atoms with Crippen LogP contribution in [0.2, 0.25) is 0 Å². The molecule has 2 heterocycles. The van der Waals surface area contributed by atoms with E-state index in [9.17, 15) is 15.0 Å². The molecule has 102 valence electrons. The van der Waals surface area contributed by atoms with Crippen LogP contribution in [0.3, 0.4) is 0 Å². The largest absolute Gasteiger partial charge is 0.480 e. The lowest BCUT2D eigenvalue weighted by Crippen LogP contribution is -2.57.